The maximum atomic E-state index is 9.00. The Morgan fingerprint density at radius 1 is 1.11 bits per heavy atom. The third kappa shape index (κ3) is 4.20. The van der Waals surface area contributed by atoms with Gasteiger partial charge < -0.3 is 19.9 Å². The maximum Gasteiger partial charge on any atom is 0.160 e. The van der Waals surface area contributed by atoms with Crippen LogP contribution in [0, 0.1) is 0 Å². The first kappa shape index (κ1) is 14.8. The summed E-state index contributed by atoms with van der Waals surface area (Å²) >= 11 is 0. The third-order valence-corrected chi connectivity index (χ3v) is 2.83. The fourth-order valence-corrected chi connectivity index (χ4v) is 1.96. The molecule has 2 N–H and O–H groups in total. The SMILES string of the molecule is COc1ccc(CC(C)N[C@H](C)CO)cc1OC. The molecule has 0 amide bonds. The summed E-state index contributed by atoms with van der Waals surface area (Å²) in [6.07, 6.45) is 0.880. The van der Waals surface area contributed by atoms with Crippen molar-refractivity contribution in [2.24, 2.45) is 0 Å². The second kappa shape index (κ2) is 7.24. The van der Waals surface area contributed by atoms with Gasteiger partial charge in [-0.25, -0.2) is 0 Å². The number of aliphatic hydroxyl groups is 1. The molecule has 1 aromatic carbocycles. The molecule has 0 spiro atoms. The molecule has 0 saturated carbocycles. The van der Waals surface area contributed by atoms with Crippen LogP contribution >= 0.6 is 0 Å². The molecule has 18 heavy (non-hydrogen) atoms. The van der Waals surface area contributed by atoms with Crippen LogP contribution in [0.25, 0.3) is 0 Å². The third-order valence-electron chi connectivity index (χ3n) is 2.83. The quantitative estimate of drug-likeness (QED) is 0.775. The molecule has 0 aromatic heterocycles. The van der Waals surface area contributed by atoms with Crippen molar-refractivity contribution in [2.75, 3.05) is 20.8 Å². The summed E-state index contributed by atoms with van der Waals surface area (Å²) in [6.45, 7) is 4.21. The highest BCUT2D eigenvalue weighted by molar-refractivity contribution is 5.43. The number of benzene rings is 1. The summed E-state index contributed by atoms with van der Waals surface area (Å²) in [7, 11) is 3.27. The van der Waals surface area contributed by atoms with Gasteiger partial charge in [0.15, 0.2) is 11.5 Å². The lowest BCUT2D eigenvalue weighted by molar-refractivity contribution is 0.242. The molecule has 0 saturated heterocycles. The molecule has 4 heteroatoms. The number of aliphatic hydroxyl groups excluding tert-OH is 1. The van der Waals surface area contributed by atoms with E-state index in [1.54, 1.807) is 14.2 Å². The Kier molecular flexibility index (Phi) is 5.95. The van der Waals surface area contributed by atoms with Crippen molar-refractivity contribution in [2.45, 2.75) is 32.4 Å². The van der Waals surface area contributed by atoms with Crippen LogP contribution in [-0.4, -0.2) is 38.0 Å². The van der Waals surface area contributed by atoms with Crippen LogP contribution in [0.1, 0.15) is 19.4 Å². The highest BCUT2D eigenvalue weighted by Gasteiger charge is 2.09. The van der Waals surface area contributed by atoms with Crippen LogP contribution < -0.4 is 14.8 Å². The molecule has 0 fully saturated rings. The van der Waals surface area contributed by atoms with E-state index in [1.165, 1.54) is 5.56 Å². The monoisotopic (exact) mass is 253 g/mol. The molecule has 0 aliphatic carbocycles. The number of rotatable bonds is 7. The molecular formula is C14H23NO3. The van der Waals surface area contributed by atoms with Crippen molar-refractivity contribution in [3.05, 3.63) is 23.8 Å². The normalized spacial score (nSPS) is 14.1. The predicted octanol–water partition coefficient (Wildman–Crippen LogP) is 1.61. The van der Waals surface area contributed by atoms with Gasteiger partial charge in [-0.15, -0.1) is 0 Å². The number of hydrogen-bond acceptors (Lipinski definition) is 4. The van der Waals surface area contributed by atoms with Crippen LogP contribution in [0.15, 0.2) is 18.2 Å². The Labute approximate surface area is 109 Å². The van der Waals surface area contributed by atoms with E-state index in [2.05, 4.69) is 12.2 Å². The summed E-state index contributed by atoms with van der Waals surface area (Å²) < 4.78 is 10.5. The van der Waals surface area contributed by atoms with Crippen LogP contribution in [0.4, 0.5) is 0 Å². The zero-order valence-corrected chi connectivity index (χ0v) is 11.6. The minimum absolute atomic E-state index is 0.111. The lowest BCUT2D eigenvalue weighted by Crippen LogP contribution is -2.37. The van der Waals surface area contributed by atoms with Gasteiger partial charge in [0.25, 0.3) is 0 Å². The van der Waals surface area contributed by atoms with Crippen LogP contribution in [-0.2, 0) is 6.42 Å². The molecule has 4 nitrogen and oxygen atoms in total. The molecule has 1 unspecified atom stereocenters. The molecule has 2 atom stereocenters. The summed E-state index contributed by atoms with van der Waals surface area (Å²) in [4.78, 5) is 0. The van der Waals surface area contributed by atoms with Crippen molar-refractivity contribution in [1.29, 1.82) is 0 Å². The fraction of sp³-hybridized carbons (Fsp3) is 0.571. The summed E-state index contributed by atoms with van der Waals surface area (Å²) in [5.41, 5.74) is 1.18. The minimum Gasteiger partial charge on any atom is -0.493 e. The van der Waals surface area contributed by atoms with E-state index >= 15 is 0 Å². The van der Waals surface area contributed by atoms with E-state index in [1.807, 2.05) is 25.1 Å². The minimum atomic E-state index is 0.111. The highest BCUT2D eigenvalue weighted by Crippen LogP contribution is 2.27. The van der Waals surface area contributed by atoms with Gasteiger partial charge in [-0.2, -0.15) is 0 Å². The van der Waals surface area contributed by atoms with Crippen LogP contribution in [0.2, 0.25) is 0 Å². The van der Waals surface area contributed by atoms with Crippen molar-refractivity contribution in [3.63, 3.8) is 0 Å². The van der Waals surface area contributed by atoms with E-state index in [0.29, 0.717) is 6.04 Å². The van der Waals surface area contributed by atoms with Gasteiger partial charge >= 0.3 is 0 Å². The second-order valence-corrected chi connectivity index (χ2v) is 4.54. The topological polar surface area (TPSA) is 50.7 Å². The number of methoxy groups -OCH3 is 2. The van der Waals surface area contributed by atoms with Crippen molar-refractivity contribution in [1.82, 2.24) is 5.32 Å². The first-order chi connectivity index (χ1) is 8.60. The number of hydrogen-bond donors (Lipinski definition) is 2. The first-order valence-corrected chi connectivity index (χ1v) is 6.18. The summed E-state index contributed by atoms with van der Waals surface area (Å²) in [6, 6.07) is 6.34. The standard InChI is InChI=1S/C14H23NO3/c1-10(15-11(2)9-16)7-12-5-6-13(17-3)14(8-12)18-4/h5-6,8,10-11,15-16H,7,9H2,1-4H3/t10?,11-/m1/s1. The molecule has 0 aliphatic rings. The molecular weight excluding hydrogens is 230 g/mol. The molecule has 1 rings (SSSR count). The second-order valence-electron chi connectivity index (χ2n) is 4.54. The molecule has 0 bridgehead atoms. The maximum absolute atomic E-state index is 9.00. The number of nitrogens with one attached hydrogen (secondary N) is 1. The number of ether oxygens (including phenoxy) is 2. The summed E-state index contributed by atoms with van der Waals surface area (Å²) in [5, 5.41) is 12.3. The molecule has 1 aromatic rings. The van der Waals surface area contributed by atoms with Crippen LogP contribution in [0.5, 0.6) is 11.5 Å². The Hall–Kier alpha value is -1.26. The van der Waals surface area contributed by atoms with Crippen molar-refractivity contribution >= 4 is 0 Å². The Morgan fingerprint density at radius 2 is 1.78 bits per heavy atom. The van der Waals surface area contributed by atoms with Crippen LogP contribution in [0.3, 0.4) is 0 Å². The van der Waals surface area contributed by atoms with E-state index in [-0.39, 0.29) is 12.6 Å². The van der Waals surface area contributed by atoms with Crippen molar-refractivity contribution in [3.8, 4) is 11.5 Å². The molecule has 0 radical (unpaired) electrons. The zero-order valence-electron chi connectivity index (χ0n) is 11.6. The van der Waals surface area contributed by atoms with E-state index in [9.17, 15) is 0 Å². The molecule has 102 valence electrons. The zero-order chi connectivity index (χ0) is 13.5. The average molecular weight is 253 g/mol. The van der Waals surface area contributed by atoms with E-state index in [0.717, 1.165) is 17.9 Å². The summed E-state index contributed by atoms with van der Waals surface area (Å²) in [5.74, 6) is 1.49. The largest absolute Gasteiger partial charge is 0.493 e. The lowest BCUT2D eigenvalue weighted by atomic mass is 10.1. The van der Waals surface area contributed by atoms with Gasteiger partial charge in [0.05, 0.1) is 20.8 Å². The van der Waals surface area contributed by atoms with Gasteiger partial charge in [0.1, 0.15) is 0 Å². The predicted molar refractivity (Wildman–Crippen MR) is 72.4 cm³/mol. The van der Waals surface area contributed by atoms with Gasteiger partial charge in [-0.3, -0.25) is 0 Å². The highest BCUT2D eigenvalue weighted by atomic mass is 16.5. The van der Waals surface area contributed by atoms with Crippen molar-refractivity contribution < 1.29 is 14.6 Å². The van der Waals surface area contributed by atoms with Gasteiger partial charge in [-0.05, 0) is 38.0 Å². The fourth-order valence-electron chi connectivity index (χ4n) is 1.96. The first-order valence-electron chi connectivity index (χ1n) is 6.18. The smallest absolute Gasteiger partial charge is 0.160 e. The van der Waals surface area contributed by atoms with E-state index < -0.39 is 0 Å². The van der Waals surface area contributed by atoms with Gasteiger partial charge in [0, 0.05) is 12.1 Å². The van der Waals surface area contributed by atoms with Gasteiger partial charge in [-0.1, -0.05) is 6.07 Å². The Morgan fingerprint density at radius 3 is 2.33 bits per heavy atom. The molecule has 0 aliphatic heterocycles. The average Bonchev–Trinajstić information content (AvgIpc) is 2.38. The Bertz CT molecular complexity index is 368. The van der Waals surface area contributed by atoms with Gasteiger partial charge in [0.2, 0.25) is 0 Å². The molecule has 0 heterocycles. The Balaban J connectivity index is 2.67. The van der Waals surface area contributed by atoms with E-state index in [4.69, 9.17) is 14.6 Å². The lowest BCUT2D eigenvalue weighted by Gasteiger charge is -2.19.